The lowest BCUT2D eigenvalue weighted by Gasteiger charge is -2.29. The number of benzene rings is 3. The second-order valence-corrected chi connectivity index (χ2v) is 8.35. The molecule has 1 aliphatic rings. The molecule has 176 valence electrons. The van der Waals surface area contributed by atoms with Gasteiger partial charge in [0.15, 0.2) is 17.9 Å². The molecule has 1 heterocycles. The molecule has 3 aromatic carbocycles. The SMILES string of the molecule is C=CCCC1COC(CCc2cc(F)c(C#Cc3ccc4c(F)c(F)ccc4c3)c(F)c2)OC1. The van der Waals surface area contributed by atoms with Crippen LogP contribution in [0.15, 0.2) is 55.1 Å². The zero-order chi connectivity index (χ0) is 24.1. The zero-order valence-electron chi connectivity index (χ0n) is 18.6. The van der Waals surface area contributed by atoms with Crippen LogP contribution in [0.2, 0.25) is 0 Å². The molecule has 0 spiro atoms. The van der Waals surface area contributed by atoms with Gasteiger partial charge in [-0.25, -0.2) is 17.6 Å². The third kappa shape index (κ3) is 5.67. The summed E-state index contributed by atoms with van der Waals surface area (Å²) in [7, 11) is 0. The number of allylic oxidation sites excluding steroid dienone is 1. The molecule has 0 unspecified atom stereocenters. The van der Waals surface area contributed by atoms with E-state index in [2.05, 4.69) is 18.4 Å². The molecule has 2 nitrogen and oxygen atoms in total. The highest BCUT2D eigenvalue weighted by Gasteiger charge is 2.22. The fourth-order valence-corrected chi connectivity index (χ4v) is 3.92. The summed E-state index contributed by atoms with van der Waals surface area (Å²) in [5, 5.41) is 0.562. The molecule has 0 aliphatic carbocycles. The van der Waals surface area contributed by atoms with Gasteiger partial charge in [0.25, 0.3) is 0 Å². The van der Waals surface area contributed by atoms with Crippen molar-refractivity contribution < 1.29 is 27.0 Å². The Bertz CT molecular complexity index is 1230. The summed E-state index contributed by atoms with van der Waals surface area (Å²) in [4.78, 5) is 0. The summed E-state index contributed by atoms with van der Waals surface area (Å²) in [5.41, 5.74) is 0.577. The normalized spacial score (nSPS) is 17.9. The van der Waals surface area contributed by atoms with Crippen molar-refractivity contribution in [1.82, 2.24) is 0 Å². The predicted molar refractivity (Wildman–Crippen MR) is 123 cm³/mol. The van der Waals surface area contributed by atoms with E-state index in [4.69, 9.17) is 9.47 Å². The van der Waals surface area contributed by atoms with Crippen LogP contribution in [0.5, 0.6) is 0 Å². The third-order valence-electron chi connectivity index (χ3n) is 5.82. The van der Waals surface area contributed by atoms with Crippen molar-refractivity contribution in [3.8, 4) is 11.8 Å². The smallest absolute Gasteiger partial charge is 0.166 e. The maximum Gasteiger partial charge on any atom is 0.166 e. The van der Waals surface area contributed by atoms with Gasteiger partial charge in [-0.1, -0.05) is 30.0 Å². The second kappa shape index (κ2) is 10.9. The molecule has 1 fully saturated rings. The Morgan fingerprint density at radius 1 is 0.882 bits per heavy atom. The van der Waals surface area contributed by atoms with Crippen LogP contribution >= 0.6 is 0 Å². The maximum atomic E-state index is 14.6. The first-order valence-electron chi connectivity index (χ1n) is 11.2. The van der Waals surface area contributed by atoms with E-state index in [-0.39, 0.29) is 10.9 Å². The van der Waals surface area contributed by atoms with Crippen molar-refractivity contribution in [3.63, 3.8) is 0 Å². The third-order valence-corrected chi connectivity index (χ3v) is 5.82. The Labute approximate surface area is 196 Å². The molecule has 0 atom stereocenters. The van der Waals surface area contributed by atoms with Crippen molar-refractivity contribution in [2.45, 2.75) is 32.0 Å². The molecule has 0 aromatic heterocycles. The average molecular weight is 468 g/mol. The van der Waals surface area contributed by atoms with Gasteiger partial charge in [-0.2, -0.15) is 0 Å². The van der Waals surface area contributed by atoms with Gasteiger partial charge in [0.2, 0.25) is 0 Å². The van der Waals surface area contributed by atoms with E-state index in [1.807, 2.05) is 6.08 Å². The monoisotopic (exact) mass is 468 g/mol. The van der Waals surface area contributed by atoms with Crippen LogP contribution in [0.4, 0.5) is 17.6 Å². The molecule has 0 N–H and O–H groups in total. The summed E-state index contributed by atoms with van der Waals surface area (Å²) in [6.45, 7) is 4.92. The van der Waals surface area contributed by atoms with Crippen LogP contribution < -0.4 is 0 Å². The van der Waals surface area contributed by atoms with Gasteiger partial charge in [-0.05, 0) is 60.5 Å². The molecule has 3 aromatic rings. The van der Waals surface area contributed by atoms with E-state index in [1.165, 1.54) is 30.3 Å². The van der Waals surface area contributed by atoms with E-state index in [1.54, 1.807) is 6.07 Å². The van der Waals surface area contributed by atoms with Gasteiger partial charge in [0.05, 0.1) is 18.8 Å². The molecule has 0 radical (unpaired) electrons. The maximum absolute atomic E-state index is 14.6. The van der Waals surface area contributed by atoms with Crippen molar-refractivity contribution in [3.05, 3.63) is 95.1 Å². The molecular weight excluding hydrogens is 444 g/mol. The van der Waals surface area contributed by atoms with Crippen LogP contribution in [0, 0.1) is 41.0 Å². The first kappa shape index (κ1) is 24.0. The van der Waals surface area contributed by atoms with Crippen molar-refractivity contribution in [1.29, 1.82) is 0 Å². The van der Waals surface area contributed by atoms with E-state index in [0.29, 0.717) is 48.5 Å². The van der Waals surface area contributed by atoms with Gasteiger partial charge < -0.3 is 9.47 Å². The van der Waals surface area contributed by atoms with Gasteiger partial charge in [-0.15, -0.1) is 6.58 Å². The fraction of sp³-hybridized carbons (Fsp3) is 0.286. The summed E-state index contributed by atoms with van der Waals surface area (Å²) >= 11 is 0. The topological polar surface area (TPSA) is 18.5 Å². The molecule has 1 aliphatic heterocycles. The Kier molecular flexibility index (Phi) is 7.66. The van der Waals surface area contributed by atoms with Crippen LogP contribution in [-0.4, -0.2) is 19.5 Å². The minimum absolute atomic E-state index is 0.116. The number of ether oxygens (including phenoxy) is 2. The number of aryl methyl sites for hydroxylation is 1. The van der Waals surface area contributed by atoms with E-state index >= 15 is 0 Å². The molecule has 0 bridgehead atoms. The average Bonchev–Trinajstić information content (AvgIpc) is 2.84. The predicted octanol–water partition coefficient (Wildman–Crippen LogP) is 6.68. The Morgan fingerprint density at radius 2 is 1.62 bits per heavy atom. The number of hydrogen-bond acceptors (Lipinski definition) is 2. The van der Waals surface area contributed by atoms with Gasteiger partial charge in [0.1, 0.15) is 11.6 Å². The number of hydrogen-bond donors (Lipinski definition) is 0. The number of fused-ring (bicyclic) bond motifs is 1. The van der Waals surface area contributed by atoms with E-state index in [0.717, 1.165) is 18.9 Å². The summed E-state index contributed by atoms with van der Waals surface area (Å²) in [6, 6.07) is 9.40. The standard InChI is InChI=1S/C28H24F4O2/c1-2-3-4-20-16-33-27(34-17-20)12-7-19-14-25(30)23(26(31)15-19)10-6-18-5-9-22-21(13-18)8-11-24(29)28(22)32/h2,5,8-9,11,13-15,20,27H,1,3-4,7,12,16-17H2. The quantitative estimate of drug-likeness (QED) is 0.228. The molecule has 34 heavy (non-hydrogen) atoms. The molecular formula is C28H24F4O2. The van der Waals surface area contributed by atoms with Crippen LogP contribution in [0.3, 0.4) is 0 Å². The first-order valence-corrected chi connectivity index (χ1v) is 11.2. The van der Waals surface area contributed by atoms with Crippen molar-refractivity contribution in [2.24, 2.45) is 5.92 Å². The van der Waals surface area contributed by atoms with Crippen LogP contribution in [-0.2, 0) is 15.9 Å². The van der Waals surface area contributed by atoms with Gasteiger partial charge in [-0.3, -0.25) is 0 Å². The highest BCUT2D eigenvalue weighted by atomic mass is 19.2. The molecule has 0 saturated carbocycles. The number of rotatable bonds is 6. The summed E-state index contributed by atoms with van der Waals surface area (Å²) in [5.74, 6) is 2.16. The Balaban J connectivity index is 1.41. The van der Waals surface area contributed by atoms with Crippen molar-refractivity contribution >= 4 is 10.8 Å². The Morgan fingerprint density at radius 3 is 2.32 bits per heavy atom. The summed E-state index contributed by atoms with van der Waals surface area (Å²) < 4.78 is 67.8. The van der Waals surface area contributed by atoms with Gasteiger partial charge >= 0.3 is 0 Å². The minimum Gasteiger partial charge on any atom is -0.352 e. The Hall–Kier alpha value is -3.14. The molecule has 0 amide bonds. The van der Waals surface area contributed by atoms with E-state index in [9.17, 15) is 17.6 Å². The van der Waals surface area contributed by atoms with Crippen LogP contribution in [0.25, 0.3) is 10.8 Å². The molecule has 4 rings (SSSR count). The van der Waals surface area contributed by atoms with Crippen molar-refractivity contribution in [2.75, 3.05) is 13.2 Å². The molecule has 6 heteroatoms. The number of halogens is 4. The minimum atomic E-state index is -0.943. The zero-order valence-corrected chi connectivity index (χ0v) is 18.6. The second-order valence-electron chi connectivity index (χ2n) is 8.35. The van der Waals surface area contributed by atoms with E-state index < -0.39 is 29.6 Å². The largest absolute Gasteiger partial charge is 0.352 e. The lowest BCUT2D eigenvalue weighted by atomic mass is 10.0. The lowest BCUT2D eigenvalue weighted by molar-refractivity contribution is -0.203. The first-order chi connectivity index (χ1) is 16.4. The van der Waals surface area contributed by atoms with Crippen LogP contribution in [0.1, 0.15) is 36.0 Å². The highest BCUT2D eigenvalue weighted by molar-refractivity contribution is 5.84. The fourth-order valence-electron chi connectivity index (χ4n) is 3.92. The highest BCUT2D eigenvalue weighted by Crippen LogP contribution is 2.23. The summed E-state index contributed by atoms with van der Waals surface area (Å²) in [6.07, 6.45) is 4.24. The lowest BCUT2D eigenvalue weighted by Crippen LogP contribution is -2.32. The van der Waals surface area contributed by atoms with Gasteiger partial charge in [0, 0.05) is 23.3 Å². The molecule has 1 saturated heterocycles.